The van der Waals surface area contributed by atoms with Gasteiger partial charge in [0.2, 0.25) is 0 Å². The molecule has 2 N–H and O–H groups in total. The average molecular weight is 274 g/mol. The molecule has 4 nitrogen and oxygen atoms in total. The highest BCUT2D eigenvalue weighted by molar-refractivity contribution is 6.30. The van der Waals surface area contributed by atoms with E-state index in [9.17, 15) is 5.11 Å². The second kappa shape index (κ2) is 7.77. The van der Waals surface area contributed by atoms with Crippen LogP contribution in [0.15, 0.2) is 0 Å². The van der Waals surface area contributed by atoms with Crippen molar-refractivity contribution in [1.29, 1.82) is 0 Å². The summed E-state index contributed by atoms with van der Waals surface area (Å²) < 4.78 is 0. The summed E-state index contributed by atoms with van der Waals surface area (Å²) in [7, 11) is 2.02. The quantitative estimate of drug-likeness (QED) is 0.766. The highest BCUT2D eigenvalue weighted by Crippen LogP contribution is 2.16. The summed E-state index contributed by atoms with van der Waals surface area (Å²) in [6.45, 7) is 5.55. The summed E-state index contributed by atoms with van der Waals surface area (Å²) in [4.78, 5) is 9.75. The Morgan fingerprint density at radius 2 is 2.22 bits per heavy atom. The maximum Gasteiger partial charge on any atom is 0.151 e. The van der Waals surface area contributed by atoms with Gasteiger partial charge in [-0.3, -0.25) is 0 Å². The van der Waals surface area contributed by atoms with E-state index in [0.29, 0.717) is 5.15 Å². The lowest BCUT2D eigenvalue weighted by molar-refractivity contribution is 0.162. The van der Waals surface area contributed by atoms with Crippen LogP contribution in [0.3, 0.4) is 0 Å². The van der Waals surface area contributed by atoms with Crippen LogP contribution in [0.5, 0.6) is 0 Å². The fourth-order valence-corrected chi connectivity index (χ4v) is 1.97. The van der Waals surface area contributed by atoms with E-state index in [1.807, 2.05) is 7.05 Å². The number of nitrogens with zero attached hydrogens (tertiary/aromatic N) is 2. The van der Waals surface area contributed by atoms with Gasteiger partial charge in [-0.25, -0.2) is 4.98 Å². The third kappa shape index (κ3) is 5.38. The number of aryl methyl sites for hydroxylation is 1. The monoisotopic (exact) mass is 273 g/mol. The topological polar surface area (TPSA) is 52.1 Å². The molecule has 0 aliphatic heterocycles. The van der Waals surface area contributed by atoms with Gasteiger partial charge in [0.1, 0.15) is 5.82 Å². The lowest BCUT2D eigenvalue weighted by Crippen LogP contribution is -2.22. The molecule has 0 aromatic carbocycles. The van der Waals surface area contributed by atoms with Crippen molar-refractivity contribution < 1.29 is 5.11 Å². The fraction of sp³-hybridized carbons (Fsp3) is 0.769. The van der Waals surface area contributed by atoms with Gasteiger partial charge >= 0.3 is 0 Å². The van der Waals surface area contributed by atoms with Gasteiger partial charge in [0, 0.05) is 19.5 Å². The zero-order chi connectivity index (χ0) is 13.5. The van der Waals surface area contributed by atoms with Gasteiger partial charge in [-0.05, 0) is 26.8 Å². The lowest BCUT2D eigenvalue weighted by Gasteiger charge is -2.16. The normalized spacial score (nSPS) is 13.2. The molecule has 1 aromatic rings. The van der Waals surface area contributed by atoms with Crippen LogP contribution in [0, 0.1) is 0 Å². The predicted molar refractivity (Wildman–Crippen MR) is 74.8 cm³/mol. The Hall–Kier alpha value is -0.580. The summed E-state index contributed by atoms with van der Waals surface area (Å²) in [6.07, 6.45) is 3.74. The number of aromatic nitrogens is 2. The minimum Gasteiger partial charge on any atom is -0.393 e. The molecule has 0 fully saturated rings. The second-order valence-electron chi connectivity index (χ2n) is 4.93. The number of hydrogen-bond donors (Lipinski definition) is 2. The van der Waals surface area contributed by atoms with Gasteiger partial charge in [0.15, 0.2) is 5.15 Å². The smallest absolute Gasteiger partial charge is 0.151 e. The van der Waals surface area contributed by atoms with Crippen molar-refractivity contribution in [3.05, 3.63) is 16.7 Å². The van der Waals surface area contributed by atoms with E-state index in [-0.39, 0.29) is 6.10 Å². The number of aliphatic hydroxyl groups excluding tert-OH is 1. The van der Waals surface area contributed by atoms with Crippen molar-refractivity contribution in [3.8, 4) is 0 Å². The first-order valence-electron chi connectivity index (χ1n) is 6.62. The fourth-order valence-electron chi connectivity index (χ4n) is 1.76. The Morgan fingerprint density at radius 1 is 1.50 bits per heavy atom. The molecule has 0 unspecified atom stereocenters. The van der Waals surface area contributed by atoms with Crippen LogP contribution < -0.4 is 0 Å². The molecule has 1 aromatic heterocycles. The molecule has 0 bridgehead atoms. The van der Waals surface area contributed by atoms with Crippen LogP contribution in [-0.4, -0.2) is 39.7 Å². The van der Waals surface area contributed by atoms with E-state index in [2.05, 4.69) is 21.8 Å². The Balaban J connectivity index is 2.47. The summed E-state index contributed by atoms with van der Waals surface area (Å²) in [6, 6.07) is 0. The Labute approximate surface area is 114 Å². The summed E-state index contributed by atoms with van der Waals surface area (Å²) in [5.41, 5.74) is 0.968. The zero-order valence-corrected chi connectivity index (χ0v) is 12.3. The number of halogens is 1. The molecule has 1 heterocycles. The van der Waals surface area contributed by atoms with Crippen molar-refractivity contribution >= 4 is 11.6 Å². The maximum absolute atomic E-state index is 9.25. The van der Waals surface area contributed by atoms with Gasteiger partial charge in [0.05, 0.1) is 11.8 Å². The second-order valence-corrected chi connectivity index (χ2v) is 5.29. The first-order chi connectivity index (χ1) is 8.52. The standard InChI is InChI=1S/C13H24ClN3O/c1-4-5-6-12-15-11(13(14)16-12)9-17(3)8-7-10(2)18/h10,18H,4-9H2,1-3H3,(H,15,16)/t10-/m0/s1. The Kier molecular flexibility index (Phi) is 6.68. The third-order valence-corrected chi connectivity index (χ3v) is 3.21. The first kappa shape index (κ1) is 15.5. The SMILES string of the molecule is CCCCc1nc(Cl)c(CN(C)CC[C@H](C)O)[nH]1. The number of H-pyrrole nitrogens is 1. The van der Waals surface area contributed by atoms with E-state index in [0.717, 1.165) is 50.3 Å². The number of nitrogens with one attached hydrogen (secondary N) is 1. The van der Waals surface area contributed by atoms with E-state index >= 15 is 0 Å². The van der Waals surface area contributed by atoms with Crippen LogP contribution in [0.25, 0.3) is 0 Å². The minimum atomic E-state index is -0.259. The van der Waals surface area contributed by atoms with Crippen LogP contribution >= 0.6 is 11.6 Å². The van der Waals surface area contributed by atoms with Gasteiger partial charge in [-0.15, -0.1) is 0 Å². The molecular weight excluding hydrogens is 250 g/mol. The van der Waals surface area contributed by atoms with Crippen LogP contribution in [0.1, 0.15) is 44.6 Å². The zero-order valence-electron chi connectivity index (χ0n) is 11.5. The summed E-state index contributed by atoms with van der Waals surface area (Å²) in [5, 5.41) is 9.82. The van der Waals surface area contributed by atoms with E-state index in [1.54, 1.807) is 6.92 Å². The van der Waals surface area contributed by atoms with Gasteiger partial charge in [-0.2, -0.15) is 0 Å². The van der Waals surface area contributed by atoms with Crippen molar-refractivity contribution in [2.45, 2.75) is 52.2 Å². The molecule has 0 aliphatic carbocycles. The molecule has 18 heavy (non-hydrogen) atoms. The Bertz CT molecular complexity index is 352. The number of hydrogen-bond acceptors (Lipinski definition) is 3. The molecule has 5 heteroatoms. The van der Waals surface area contributed by atoms with Gasteiger partial charge < -0.3 is 15.0 Å². The minimum absolute atomic E-state index is 0.259. The van der Waals surface area contributed by atoms with E-state index in [4.69, 9.17) is 11.6 Å². The summed E-state index contributed by atoms with van der Waals surface area (Å²) >= 11 is 6.11. The van der Waals surface area contributed by atoms with Gasteiger partial charge in [0.25, 0.3) is 0 Å². The molecule has 0 saturated carbocycles. The number of unbranched alkanes of at least 4 members (excludes halogenated alkanes) is 1. The molecule has 1 atom stereocenters. The third-order valence-electron chi connectivity index (χ3n) is 2.90. The van der Waals surface area contributed by atoms with Crippen molar-refractivity contribution in [1.82, 2.24) is 14.9 Å². The number of aliphatic hydroxyl groups is 1. The highest BCUT2D eigenvalue weighted by atomic mass is 35.5. The molecule has 1 rings (SSSR count). The molecule has 104 valence electrons. The predicted octanol–water partition coefficient (Wildman–Crippen LogP) is 2.61. The van der Waals surface area contributed by atoms with E-state index in [1.165, 1.54) is 0 Å². The average Bonchev–Trinajstić information content (AvgIpc) is 2.65. The van der Waals surface area contributed by atoms with Crippen LogP contribution in [0.4, 0.5) is 0 Å². The van der Waals surface area contributed by atoms with Crippen LogP contribution in [0.2, 0.25) is 5.15 Å². The number of imidazole rings is 1. The van der Waals surface area contributed by atoms with Gasteiger partial charge in [-0.1, -0.05) is 24.9 Å². The lowest BCUT2D eigenvalue weighted by atomic mass is 10.2. The molecule has 0 spiro atoms. The molecule has 0 saturated heterocycles. The molecule has 0 aliphatic rings. The van der Waals surface area contributed by atoms with E-state index < -0.39 is 0 Å². The molecular formula is C13H24ClN3O. The summed E-state index contributed by atoms with van der Waals surface area (Å²) in [5.74, 6) is 0.973. The first-order valence-corrected chi connectivity index (χ1v) is 7.00. The largest absolute Gasteiger partial charge is 0.393 e. The van der Waals surface area contributed by atoms with Crippen molar-refractivity contribution in [2.75, 3.05) is 13.6 Å². The van der Waals surface area contributed by atoms with Crippen molar-refractivity contribution in [3.63, 3.8) is 0 Å². The maximum atomic E-state index is 9.25. The van der Waals surface area contributed by atoms with Crippen LogP contribution in [-0.2, 0) is 13.0 Å². The molecule has 0 radical (unpaired) electrons. The number of aromatic amines is 1. The molecule has 0 amide bonds. The van der Waals surface area contributed by atoms with Crippen molar-refractivity contribution in [2.24, 2.45) is 0 Å². The number of rotatable bonds is 8. The Morgan fingerprint density at radius 3 is 2.83 bits per heavy atom. The highest BCUT2D eigenvalue weighted by Gasteiger charge is 2.10.